The van der Waals surface area contributed by atoms with Crippen molar-refractivity contribution >= 4 is 14.0 Å². The van der Waals surface area contributed by atoms with Gasteiger partial charge in [-0.25, -0.2) is 23.1 Å². The molecule has 2 N–H and O–H groups in total. The zero-order chi connectivity index (χ0) is 23.4. The quantitative estimate of drug-likeness (QED) is 0.298. The third-order valence-electron chi connectivity index (χ3n) is 4.16. The molecule has 31 heavy (non-hydrogen) atoms. The Morgan fingerprint density at radius 1 is 1.45 bits per heavy atom. The molecule has 1 aliphatic rings. The van der Waals surface area contributed by atoms with Crippen LogP contribution in [0.2, 0.25) is 0 Å². The molecular weight excluding hydrogens is 446 g/mol. The van der Waals surface area contributed by atoms with Gasteiger partial charge in [0.05, 0.1) is 6.10 Å². The average Bonchev–Trinajstić information content (AvgIpc) is 2.91. The molecule has 0 aliphatic carbocycles. The Morgan fingerprint density at radius 2 is 2.13 bits per heavy atom. The smallest absolute Gasteiger partial charge is 0.432 e. The topological polar surface area (TPSA) is 165 Å². The summed E-state index contributed by atoms with van der Waals surface area (Å²) in [5, 5.41) is 10.9. The van der Waals surface area contributed by atoms with Crippen molar-refractivity contribution in [2.24, 2.45) is 0 Å². The Labute approximate surface area is 175 Å². The number of nitrogens with one attached hydrogen (secondary N) is 1. The number of H-pyrrole nitrogens is 1. The number of nitrogens with zero attached hydrogens (tertiary/aromatic N) is 1. The second kappa shape index (κ2) is 10.0. The third kappa shape index (κ3) is 5.99. The molecule has 0 saturated carbocycles. The van der Waals surface area contributed by atoms with Crippen molar-refractivity contribution in [3.8, 4) is 0 Å². The van der Waals surface area contributed by atoms with Gasteiger partial charge in [-0.05, 0) is 20.8 Å². The van der Waals surface area contributed by atoms with Gasteiger partial charge >= 0.3 is 19.7 Å². The van der Waals surface area contributed by atoms with Crippen molar-refractivity contribution in [1.82, 2.24) is 9.55 Å². The maximum absolute atomic E-state index is 13.6. The van der Waals surface area contributed by atoms with E-state index < -0.39 is 68.8 Å². The van der Waals surface area contributed by atoms with Crippen molar-refractivity contribution in [3.63, 3.8) is 0 Å². The van der Waals surface area contributed by atoms with Crippen LogP contribution in [0.15, 0.2) is 21.9 Å². The second-order valence-electron chi connectivity index (χ2n) is 6.89. The summed E-state index contributed by atoms with van der Waals surface area (Å²) in [7, 11) is -3.54. The Balaban J connectivity index is 2.18. The minimum atomic E-state index is -4.49. The monoisotopic (exact) mass is 470 g/mol. The number of rotatable bonds is 9. The standard InChI is InChI=1S/C16H24FN2O11P/c1-9(2)28-15(22)26-8-27-31(24,25-4)30-12-10(7-17)29-13(16(12,3)23)19-6-5-11(20)18-14(19)21/h5-6,9-10,12-13,23H,7-8H2,1-4H3,(H,18,20,21)/t10-,12+,13+,16+,31?/m0/s1. The number of carbonyl (C=O) groups is 1. The molecule has 0 amide bonds. The lowest BCUT2D eigenvalue weighted by Gasteiger charge is -2.31. The number of carbonyl (C=O) groups excluding carboxylic acids is 1. The van der Waals surface area contributed by atoms with Crippen LogP contribution in [0.4, 0.5) is 9.18 Å². The number of hydrogen-bond donors (Lipinski definition) is 2. The molecule has 2 rings (SSSR count). The van der Waals surface area contributed by atoms with Crippen LogP contribution in [0.25, 0.3) is 0 Å². The number of alkyl halides is 1. The second-order valence-corrected chi connectivity index (χ2v) is 8.62. The van der Waals surface area contributed by atoms with Gasteiger partial charge in [0.1, 0.15) is 24.5 Å². The van der Waals surface area contributed by atoms with E-state index in [9.17, 15) is 28.4 Å². The van der Waals surface area contributed by atoms with Gasteiger partial charge in [0.25, 0.3) is 5.56 Å². The van der Waals surface area contributed by atoms with E-state index in [0.717, 1.165) is 30.9 Å². The number of phosphoric acid groups is 1. The Morgan fingerprint density at radius 3 is 2.68 bits per heavy atom. The summed E-state index contributed by atoms with van der Waals surface area (Å²) in [6.07, 6.45) is -5.17. The highest BCUT2D eigenvalue weighted by Crippen LogP contribution is 2.54. The first-order chi connectivity index (χ1) is 14.4. The summed E-state index contributed by atoms with van der Waals surface area (Å²) in [4.78, 5) is 36.7. The highest BCUT2D eigenvalue weighted by molar-refractivity contribution is 7.48. The lowest BCUT2D eigenvalue weighted by atomic mass is 9.97. The number of hydrogen-bond acceptors (Lipinski definition) is 11. The first-order valence-electron chi connectivity index (χ1n) is 9.01. The van der Waals surface area contributed by atoms with Crippen LogP contribution in [0.3, 0.4) is 0 Å². The van der Waals surface area contributed by atoms with Crippen LogP contribution >= 0.6 is 7.82 Å². The summed E-state index contributed by atoms with van der Waals surface area (Å²) in [6, 6.07) is 0.996. The predicted octanol–water partition coefficient (Wildman–Crippen LogP) is 0.830. The number of phosphoric ester groups is 1. The van der Waals surface area contributed by atoms with Gasteiger partial charge in [-0.1, -0.05) is 0 Å². The van der Waals surface area contributed by atoms with E-state index in [1.807, 2.05) is 4.98 Å². The molecule has 1 aliphatic heterocycles. The molecule has 1 saturated heterocycles. The minimum absolute atomic E-state index is 0.470. The van der Waals surface area contributed by atoms with Gasteiger partial charge < -0.3 is 19.3 Å². The van der Waals surface area contributed by atoms with Crippen LogP contribution in [0.1, 0.15) is 27.0 Å². The predicted molar refractivity (Wildman–Crippen MR) is 100.0 cm³/mol. The lowest BCUT2D eigenvalue weighted by molar-refractivity contribution is -0.0996. The normalized spacial score (nSPS) is 27.8. The van der Waals surface area contributed by atoms with Gasteiger partial charge in [-0.3, -0.25) is 23.4 Å². The number of aromatic amines is 1. The minimum Gasteiger partial charge on any atom is -0.432 e. The lowest BCUT2D eigenvalue weighted by Crippen LogP contribution is -2.47. The summed E-state index contributed by atoms with van der Waals surface area (Å²) < 4.78 is 56.6. The fourth-order valence-electron chi connectivity index (χ4n) is 2.77. The molecule has 2 heterocycles. The summed E-state index contributed by atoms with van der Waals surface area (Å²) in [5.41, 5.74) is -3.75. The maximum atomic E-state index is 13.6. The van der Waals surface area contributed by atoms with Gasteiger partial charge in [0.2, 0.25) is 6.79 Å². The van der Waals surface area contributed by atoms with E-state index >= 15 is 0 Å². The molecule has 0 aromatic carbocycles. The van der Waals surface area contributed by atoms with Gasteiger partial charge in [0.15, 0.2) is 6.23 Å². The van der Waals surface area contributed by atoms with Crippen molar-refractivity contribution in [3.05, 3.63) is 33.1 Å². The largest absolute Gasteiger partial charge is 0.510 e. The van der Waals surface area contributed by atoms with Crippen LogP contribution in [-0.2, 0) is 32.3 Å². The molecule has 15 heteroatoms. The van der Waals surface area contributed by atoms with Gasteiger partial charge in [0, 0.05) is 19.4 Å². The van der Waals surface area contributed by atoms with Crippen LogP contribution in [0, 0.1) is 0 Å². The molecule has 1 aromatic rings. The molecular formula is C16H24FN2O11P. The fraction of sp³-hybridized carbons (Fsp3) is 0.688. The average molecular weight is 470 g/mol. The fourth-order valence-corrected chi connectivity index (χ4v) is 3.83. The summed E-state index contributed by atoms with van der Waals surface area (Å²) in [5.74, 6) is 0. The van der Waals surface area contributed by atoms with E-state index in [1.54, 1.807) is 13.8 Å². The highest BCUT2D eigenvalue weighted by atomic mass is 31.2. The molecule has 0 bridgehead atoms. The van der Waals surface area contributed by atoms with Crippen molar-refractivity contribution in [2.75, 3.05) is 20.6 Å². The van der Waals surface area contributed by atoms with E-state index in [1.165, 1.54) is 0 Å². The highest BCUT2D eigenvalue weighted by Gasteiger charge is 2.57. The molecule has 1 aromatic heterocycles. The first kappa shape index (κ1) is 25.2. The first-order valence-corrected chi connectivity index (χ1v) is 10.5. The molecule has 1 fully saturated rings. The van der Waals surface area contributed by atoms with E-state index in [2.05, 4.69) is 4.74 Å². The molecule has 13 nitrogen and oxygen atoms in total. The zero-order valence-corrected chi connectivity index (χ0v) is 18.1. The number of halogens is 1. The summed E-state index contributed by atoms with van der Waals surface area (Å²) in [6.45, 7) is 2.21. The maximum Gasteiger partial charge on any atom is 0.510 e. The third-order valence-corrected chi connectivity index (χ3v) is 5.51. The van der Waals surface area contributed by atoms with Crippen molar-refractivity contribution in [1.29, 1.82) is 0 Å². The van der Waals surface area contributed by atoms with Crippen LogP contribution in [0.5, 0.6) is 0 Å². The van der Waals surface area contributed by atoms with Gasteiger partial charge in [-0.2, -0.15) is 0 Å². The van der Waals surface area contributed by atoms with Crippen LogP contribution < -0.4 is 11.2 Å². The Bertz CT molecular complexity index is 931. The van der Waals surface area contributed by atoms with Crippen LogP contribution in [-0.4, -0.2) is 65.3 Å². The molecule has 0 spiro atoms. The summed E-state index contributed by atoms with van der Waals surface area (Å²) >= 11 is 0. The number of aromatic nitrogens is 2. The van der Waals surface area contributed by atoms with E-state index in [4.69, 9.17) is 23.0 Å². The molecule has 5 atom stereocenters. The van der Waals surface area contributed by atoms with Gasteiger partial charge in [-0.15, -0.1) is 0 Å². The number of aliphatic hydroxyl groups is 1. The van der Waals surface area contributed by atoms with Crippen molar-refractivity contribution in [2.45, 2.75) is 50.9 Å². The molecule has 1 unspecified atom stereocenters. The molecule has 0 radical (unpaired) electrons. The Kier molecular flexibility index (Phi) is 8.14. The molecule has 176 valence electrons. The van der Waals surface area contributed by atoms with E-state index in [-0.39, 0.29) is 0 Å². The van der Waals surface area contributed by atoms with Crippen molar-refractivity contribution < 1.29 is 46.6 Å². The van der Waals surface area contributed by atoms with E-state index in [0.29, 0.717) is 0 Å². The number of ether oxygens (including phenoxy) is 3. The Hall–Kier alpha value is -2.09. The zero-order valence-electron chi connectivity index (χ0n) is 17.2. The SMILES string of the molecule is COP(=O)(OCOC(=O)OC(C)C)O[C@@H]1[C@H](CF)O[C@@H](n2ccc(=O)[nH]c2=O)[C@]1(C)O.